The molecule has 0 unspecified atom stereocenters. The topological polar surface area (TPSA) is 17.8 Å². The van der Waals surface area contributed by atoms with Crippen LogP contribution in [0.2, 0.25) is 0 Å². The molecule has 0 saturated heterocycles. The zero-order chi connectivity index (χ0) is 12.6. The third-order valence-electron chi connectivity index (χ3n) is 2.57. The quantitative estimate of drug-likeness (QED) is 0.827. The maximum absolute atomic E-state index is 13.7. The second-order valence-electron chi connectivity index (χ2n) is 3.71. The average molecular weight is 301 g/mol. The molecule has 0 saturated carbocycles. The number of hydrogen-bond donors (Lipinski definition) is 0. The third kappa shape index (κ3) is 2.11. The average Bonchev–Trinajstić information content (AvgIpc) is 2.58. The highest BCUT2D eigenvalue weighted by molar-refractivity contribution is 9.10. The Morgan fingerprint density at radius 3 is 2.65 bits per heavy atom. The van der Waals surface area contributed by atoms with E-state index in [2.05, 4.69) is 21.0 Å². The molecule has 0 bridgehead atoms. The summed E-state index contributed by atoms with van der Waals surface area (Å²) in [7, 11) is 1.71. The predicted molar refractivity (Wildman–Crippen MR) is 65.6 cm³/mol. The molecule has 0 fully saturated rings. The van der Waals surface area contributed by atoms with Gasteiger partial charge < -0.3 is 0 Å². The number of aryl methyl sites for hydroxylation is 2. The van der Waals surface area contributed by atoms with Crippen LogP contribution in [-0.2, 0) is 13.5 Å². The van der Waals surface area contributed by atoms with Gasteiger partial charge in [-0.15, -0.1) is 0 Å². The van der Waals surface area contributed by atoms with Gasteiger partial charge in [0.05, 0.1) is 15.9 Å². The van der Waals surface area contributed by atoms with E-state index in [4.69, 9.17) is 0 Å². The molecule has 0 radical (unpaired) electrons. The van der Waals surface area contributed by atoms with Crippen molar-refractivity contribution in [2.24, 2.45) is 7.05 Å². The van der Waals surface area contributed by atoms with Gasteiger partial charge >= 0.3 is 0 Å². The molecule has 2 aromatic rings. The second-order valence-corrected chi connectivity index (χ2v) is 4.50. The van der Waals surface area contributed by atoms with E-state index >= 15 is 0 Å². The minimum atomic E-state index is -0.465. The van der Waals surface area contributed by atoms with Crippen LogP contribution in [0.25, 0.3) is 11.3 Å². The maximum atomic E-state index is 13.7. The van der Waals surface area contributed by atoms with E-state index in [-0.39, 0.29) is 5.56 Å². The summed E-state index contributed by atoms with van der Waals surface area (Å²) in [5, 5.41) is 4.26. The molecule has 1 aromatic heterocycles. The molecule has 0 aliphatic rings. The highest BCUT2D eigenvalue weighted by Crippen LogP contribution is 2.32. The molecule has 0 spiro atoms. The van der Waals surface area contributed by atoms with Crippen molar-refractivity contribution >= 4 is 15.9 Å². The number of rotatable bonds is 2. The lowest BCUT2D eigenvalue weighted by atomic mass is 10.1. The van der Waals surface area contributed by atoms with Gasteiger partial charge in [0.2, 0.25) is 0 Å². The highest BCUT2D eigenvalue weighted by Gasteiger charge is 2.17. The highest BCUT2D eigenvalue weighted by atomic mass is 79.9. The van der Waals surface area contributed by atoms with Crippen molar-refractivity contribution in [3.05, 3.63) is 40.0 Å². The Morgan fingerprint density at radius 2 is 2.06 bits per heavy atom. The fraction of sp³-hybridized carbons (Fsp3) is 0.250. The molecule has 0 amide bonds. The van der Waals surface area contributed by atoms with Crippen LogP contribution in [0, 0.1) is 11.6 Å². The van der Waals surface area contributed by atoms with Crippen molar-refractivity contribution < 1.29 is 8.78 Å². The van der Waals surface area contributed by atoms with Crippen LogP contribution in [-0.4, -0.2) is 9.78 Å². The molecule has 1 aromatic carbocycles. The summed E-state index contributed by atoms with van der Waals surface area (Å²) in [5.74, 6) is -0.926. The summed E-state index contributed by atoms with van der Waals surface area (Å²) >= 11 is 3.39. The van der Waals surface area contributed by atoms with Crippen LogP contribution in [0.1, 0.15) is 12.6 Å². The van der Waals surface area contributed by atoms with Gasteiger partial charge in [-0.3, -0.25) is 4.68 Å². The van der Waals surface area contributed by atoms with Crippen molar-refractivity contribution in [2.45, 2.75) is 13.3 Å². The van der Waals surface area contributed by atoms with Gasteiger partial charge in [0, 0.05) is 12.6 Å². The zero-order valence-electron chi connectivity index (χ0n) is 9.47. The van der Waals surface area contributed by atoms with Crippen LogP contribution in [0.4, 0.5) is 8.78 Å². The molecule has 1 heterocycles. The van der Waals surface area contributed by atoms with E-state index in [0.29, 0.717) is 10.2 Å². The fourth-order valence-corrected chi connectivity index (χ4v) is 2.58. The smallest absolute Gasteiger partial charge is 0.132 e. The number of aromatic nitrogens is 2. The van der Waals surface area contributed by atoms with Crippen LogP contribution in [0.3, 0.4) is 0 Å². The molecular weight excluding hydrogens is 290 g/mol. The minimum Gasteiger partial charge on any atom is -0.266 e. The van der Waals surface area contributed by atoms with Gasteiger partial charge in [-0.2, -0.15) is 5.10 Å². The lowest BCUT2D eigenvalue weighted by molar-refractivity contribution is 0.601. The first-order valence-electron chi connectivity index (χ1n) is 5.21. The Morgan fingerprint density at radius 1 is 1.35 bits per heavy atom. The number of nitrogens with zero attached hydrogens (tertiary/aromatic N) is 2. The van der Waals surface area contributed by atoms with Gasteiger partial charge in [0.15, 0.2) is 0 Å². The first kappa shape index (κ1) is 12.2. The molecule has 0 atom stereocenters. The monoisotopic (exact) mass is 300 g/mol. The van der Waals surface area contributed by atoms with E-state index in [1.165, 1.54) is 6.07 Å². The molecule has 2 nitrogen and oxygen atoms in total. The van der Waals surface area contributed by atoms with Crippen LogP contribution in [0.15, 0.2) is 22.7 Å². The van der Waals surface area contributed by atoms with Gasteiger partial charge in [-0.05, 0) is 40.5 Å². The standard InChI is InChI=1S/C12H11BrF2N2/c1-3-10-11(13)12(17(2)16-10)8-6-7(14)4-5-9(8)15/h4-6H,3H2,1-2H3. The summed E-state index contributed by atoms with van der Waals surface area (Å²) in [4.78, 5) is 0. The zero-order valence-corrected chi connectivity index (χ0v) is 11.1. The second kappa shape index (κ2) is 4.56. The van der Waals surface area contributed by atoms with Crippen molar-refractivity contribution in [2.75, 3.05) is 0 Å². The Hall–Kier alpha value is -1.23. The fourth-order valence-electron chi connectivity index (χ4n) is 1.75. The lowest BCUT2D eigenvalue weighted by Crippen LogP contribution is -1.96. The SMILES string of the molecule is CCc1nn(C)c(-c2cc(F)ccc2F)c1Br. The molecule has 0 N–H and O–H groups in total. The Balaban J connectivity index is 2.68. The number of halogens is 3. The number of hydrogen-bond acceptors (Lipinski definition) is 1. The van der Waals surface area contributed by atoms with Crippen molar-refractivity contribution in [1.82, 2.24) is 9.78 Å². The maximum Gasteiger partial charge on any atom is 0.132 e. The van der Waals surface area contributed by atoms with E-state index in [1.54, 1.807) is 11.7 Å². The molecule has 17 heavy (non-hydrogen) atoms. The van der Waals surface area contributed by atoms with Gasteiger partial charge in [0.25, 0.3) is 0 Å². The summed E-state index contributed by atoms with van der Waals surface area (Å²) in [6.45, 7) is 1.96. The van der Waals surface area contributed by atoms with E-state index in [1.807, 2.05) is 6.92 Å². The molecule has 5 heteroatoms. The van der Waals surface area contributed by atoms with Gasteiger partial charge in [0.1, 0.15) is 11.6 Å². The lowest BCUT2D eigenvalue weighted by Gasteiger charge is -2.04. The van der Waals surface area contributed by atoms with Crippen molar-refractivity contribution in [3.8, 4) is 11.3 Å². The summed E-state index contributed by atoms with van der Waals surface area (Å²) in [6.07, 6.45) is 0.728. The molecule has 90 valence electrons. The van der Waals surface area contributed by atoms with Gasteiger partial charge in [-0.25, -0.2) is 8.78 Å². The van der Waals surface area contributed by atoms with Crippen LogP contribution in [0.5, 0.6) is 0 Å². The Kier molecular flexibility index (Phi) is 3.28. The largest absolute Gasteiger partial charge is 0.266 e. The Bertz CT molecular complexity index is 564. The van der Waals surface area contributed by atoms with E-state index in [0.717, 1.165) is 24.2 Å². The predicted octanol–water partition coefficient (Wildman–Crippen LogP) is 3.69. The van der Waals surface area contributed by atoms with E-state index < -0.39 is 11.6 Å². The molecule has 2 rings (SSSR count). The molecule has 0 aliphatic carbocycles. The Labute approximate surface area is 106 Å². The van der Waals surface area contributed by atoms with Crippen molar-refractivity contribution in [1.29, 1.82) is 0 Å². The first-order chi connectivity index (χ1) is 8.04. The molecular formula is C12H11BrF2N2. The summed E-state index contributed by atoms with van der Waals surface area (Å²) in [6, 6.07) is 3.40. The normalized spacial score (nSPS) is 10.9. The molecule has 0 aliphatic heterocycles. The first-order valence-corrected chi connectivity index (χ1v) is 6.00. The third-order valence-corrected chi connectivity index (χ3v) is 3.41. The van der Waals surface area contributed by atoms with Crippen LogP contribution >= 0.6 is 15.9 Å². The summed E-state index contributed by atoms with van der Waals surface area (Å²) < 4.78 is 29.1. The van der Waals surface area contributed by atoms with E-state index in [9.17, 15) is 8.78 Å². The van der Waals surface area contributed by atoms with Crippen LogP contribution < -0.4 is 0 Å². The number of benzene rings is 1. The summed E-state index contributed by atoms with van der Waals surface area (Å²) in [5.41, 5.74) is 1.59. The van der Waals surface area contributed by atoms with Gasteiger partial charge in [-0.1, -0.05) is 6.92 Å². The van der Waals surface area contributed by atoms with Crippen molar-refractivity contribution in [3.63, 3.8) is 0 Å². The minimum absolute atomic E-state index is 0.214.